The minimum Gasteiger partial charge on any atom is -0.341 e. The largest absolute Gasteiger partial charge is 0.341 e. The molecule has 0 radical (unpaired) electrons. The Labute approximate surface area is 185 Å². The Morgan fingerprint density at radius 3 is 2.88 bits per heavy atom. The van der Waals surface area contributed by atoms with E-state index in [4.69, 9.17) is 9.97 Å². The van der Waals surface area contributed by atoms with Crippen LogP contribution in [0.3, 0.4) is 0 Å². The summed E-state index contributed by atoms with van der Waals surface area (Å²) in [6.45, 7) is 7.30. The first kappa shape index (κ1) is 20.1. The minimum absolute atomic E-state index is 0.0974. The minimum atomic E-state index is 0.0974. The third-order valence-corrected chi connectivity index (χ3v) is 6.07. The molecule has 4 aromatic heterocycles. The highest BCUT2D eigenvalue weighted by Crippen LogP contribution is 2.31. The maximum atomic E-state index is 12.0. The van der Waals surface area contributed by atoms with Gasteiger partial charge < -0.3 is 9.47 Å². The normalized spacial score (nSPS) is 16.7. The second-order valence-corrected chi connectivity index (χ2v) is 8.57. The van der Waals surface area contributed by atoms with Gasteiger partial charge in [-0.05, 0) is 25.0 Å². The predicted molar refractivity (Wildman–Crippen MR) is 119 cm³/mol. The Morgan fingerprint density at radius 2 is 2.12 bits per heavy atom. The molecular formula is C23H24N8O. The van der Waals surface area contributed by atoms with Crippen molar-refractivity contribution in [3.63, 3.8) is 0 Å². The average Bonchev–Trinajstić information content (AvgIpc) is 3.39. The molecule has 9 heteroatoms. The molecule has 1 fully saturated rings. The number of rotatable bonds is 3. The van der Waals surface area contributed by atoms with Crippen LogP contribution in [0.15, 0.2) is 30.7 Å². The maximum Gasteiger partial charge on any atom is 0.219 e. The van der Waals surface area contributed by atoms with Gasteiger partial charge in [0.2, 0.25) is 5.91 Å². The van der Waals surface area contributed by atoms with Crippen LogP contribution >= 0.6 is 0 Å². The highest BCUT2D eigenvalue weighted by atomic mass is 16.2. The van der Waals surface area contributed by atoms with Crippen molar-refractivity contribution >= 4 is 22.6 Å². The molecular weight excluding hydrogens is 404 g/mol. The number of carbonyl (C=O) groups is 1. The summed E-state index contributed by atoms with van der Waals surface area (Å²) in [5.41, 5.74) is 3.60. The van der Waals surface area contributed by atoms with Gasteiger partial charge in [-0.3, -0.25) is 4.79 Å². The van der Waals surface area contributed by atoms with Crippen LogP contribution < -0.4 is 0 Å². The molecule has 0 saturated carbocycles. The Balaban J connectivity index is 1.66. The van der Waals surface area contributed by atoms with Crippen molar-refractivity contribution in [1.29, 1.82) is 5.26 Å². The zero-order valence-corrected chi connectivity index (χ0v) is 18.4. The van der Waals surface area contributed by atoms with Crippen LogP contribution in [0, 0.1) is 11.3 Å². The molecule has 5 rings (SSSR count). The molecule has 5 heterocycles. The third-order valence-electron chi connectivity index (χ3n) is 6.07. The number of piperidine rings is 1. The second-order valence-electron chi connectivity index (χ2n) is 8.57. The molecule has 1 aliphatic heterocycles. The molecule has 162 valence electrons. The lowest BCUT2D eigenvalue weighted by Gasteiger charge is -2.34. The Morgan fingerprint density at radius 1 is 1.28 bits per heavy atom. The SMILES string of the molecule is CC(=O)N1CCCC(n2c(C(C)C)nc3cnc(-c4cnn5ccc(C#N)cc45)nc32)C1. The lowest BCUT2D eigenvalue weighted by atomic mass is 10.0. The number of imidazole rings is 1. The molecule has 0 spiro atoms. The summed E-state index contributed by atoms with van der Waals surface area (Å²) in [5.74, 6) is 1.79. The number of amides is 1. The van der Waals surface area contributed by atoms with Gasteiger partial charge in [-0.1, -0.05) is 13.8 Å². The topological polar surface area (TPSA) is 105 Å². The molecule has 0 N–H and O–H groups in total. The van der Waals surface area contributed by atoms with Gasteiger partial charge in [0.05, 0.1) is 41.1 Å². The van der Waals surface area contributed by atoms with Gasteiger partial charge in [0.15, 0.2) is 11.5 Å². The summed E-state index contributed by atoms with van der Waals surface area (Å²) in [4.78, 5) is 28.3. The van der Waals surface area contributed by atoms with E-state index in [1.807, 2.05) is 4.90 Å². The Bertz CT molecular complexity index is 1380. The zero-order valence-electron chi connectivity index (χ0n) is 18.4. The van der Waals surface area contributed by atoms with Crippen molar-refractivity contribution in [2.24, 2.45) is 0 Å². The van der Waals surface area contributed by atoms with Crippen LogP contribution in [0.25, 0.3) is 28.1 Å². The first-order chi connectivity index (χ1) is 15.5. The highest BCUT2D eigenvalue weighted by Gasteiger charge is 2.28. The van der Waals surface area contributed by atoms with E-state index in [2.05, 4.69) is 34.6 Å². The van der Waals surface area contributed by atoms with Gasteiger partial charge >= 0.3 is 0 Å². The molecule has 32 heavy (non-hydrogen) atoms. The fourth-order valence-electron chi connectivity index (χ4n) is 4.48. The first-order valence-corrected chi connectivity index (χ1v) is 10.8. The summed E-state index contributed by atoms with van der Waals surface area (Å²) >= 11 is 0. The lowest BCUT2D eigenvalue weighted by molar-refractivity contribution is -0.130. The Kier molecular flexibility index (Phi) is 4.85. The quantitative estimate of drug-likeness (QED) is 0.496. The first-order valence-electron chi connectivity index (χ1n) is 10.8. The molecule has 1 amide bonds. The van der Waals surface area contributed by atoms with E-state index in [-0.39, 0.29) is 17.9 Å². The fraction of sp³-hybridized carbons (Fsp3) is 0.391. The van der Waals surface area contributed by atoms with E-state index >= 15 is 0 Å². The molecule has 0 aromatic carbocycles. The van der Waals surface area contributed by atoms with Crippen LogP contribution in [-0.4, -0.2) is 53.0 Å². The summed E-state index contributed by atoms with van der Waals surface area (Å²) < 4.78 is 3.92. The van der Waals surface area contributed by atoms with Crippen molar-refractivity contribution in [3.8, 4) is 17.5 Å². The average molecular weight is 429 g/mol. The van der Waals surface area contributed by atoms with E-state index in [9.17, 15) is 10.1 Å². The van der Waals surface area contributed by atoms with Gasteiger partial charge in [0.25, 0.3) is 0 Å². The van der Waals surface area contributed by atoms with Crippen LogP contribution in [0.1, 0.15) is 57.0 Å². The monoisotopic (exact) mass is 428 g/mol. The standard InChI is InChI=1S/C23H24N8O/c1-14(2)22-27-19-12-25-21(18-11-26-30-8-6-16(10-24)9-20(18)30)28-23(19)31(22)17-5-4-7-29(13-17)15(3)32/h6,8-9,11-12,14,17H,4-5,7,13H2,1-3H3. The number of nitriles is 1. The number of aromatic nitrogens is 6. The van der Waals surface area contributed by atoms with Crippen molar-refractivity contribution in [2.75, 3.05) is 13.1 Å². The number of likely N-dealkylation sites (tertiary alicyclic amines) is 1. The van der Waals surface area contributed by atoms with Gasteiger partial charge in [-0.25, -0.2) is 19.5 Å². The second kappa shape index (κ2) is 7.71. The molecule has 0 bridgehead atoms. The van der Waals surface area contributed by atoms with E-state index in [1.54, 1.807) is 42.2 Å². The summed E-state index contributed by atoms with van der Waals surface area (Å²) in [7, 11) is 0. The third kappa shape index (κ3) is 3.28. The van der Waals surface area contributed by atoms with Crippen LogP contribution in [-0.2, 0) is 4.79 Å². The molecule has 0 aliphatic carbocycles. The van der Waals surface area contributed by atoms with Crippen molar-refractivity contribution in [1.82, 2.24) is 34.0 Å². The number of carbonyl (C=O) groups excluding carboxylic acids is 1. The lowest BCUT2D eigenvalue weighted by Crippen LogP contribution is -2.39. The van der Waals surface area contributed by atoms with Crippen LogP contribution in [0.5, 0.6) is 0 Å². The van der Waals surface area contributed by atoms with E-state index in [0.29, 0.717) is 17.9 Å². The zero-order chi connectivity index (χ0) is 22.4. The van der Waals surface area contributed by atoms with Gasteiger partial charge in [-0.2, -0.15) is 10.4 Å². The maximum absolute atomic E-state index is 12.0. The number of pyridine rings is 1. The van der Waals surface area contributed by atoms with E-state index in [0.717, 1.165) is 47.5 Å². The molecule has 1 aliphatic rings. The molecule has 9 nitrogen and oxygen atoms in total. The molecule has 1 atom stereocenters. The van der Waals surface area contributed by atoms with Gasteiger partial charge in [-0.15, -0.1) is 0 Å². The van der Waals surface area contributed by atoms with Gasteiger partial charge in [0, 0.05) is 32.1 Å². The van der Waals surface area contributed by atoms with E-state index < -0.39 is 0 Å². The van der Waals surface area contributed by atoms with Crippen LogP contribution in [0.4, 0.5) is 0 Å². The number of fused-ring (bicyclic) bond motifs is 2. The number of nitrogens with zero attached hydrogens (tertiary/aromatic N) is 8. The fourth-order valence-corrected chi connectivity index (χ4v) is 4.48. The van der Waals surface area contributed by atoms with Gasteiger partial charge in [0.1, 0.15) is 11.3 Å². The van der Waals surface area contributed by atoms with Crippen LogP contribution in [0.2, 0.25) is 0 Å². The summed E-state index contributed by atoms with van der Waals surface area (Å²) in [6.07, 6.45) is 7.15. The Hall–Kier alpha value is -3.80. The summed E-state index contributed by atoms with van der Waals surface area (Å²) in [5, 5.41) is 13.7. The molecule has 1 saturated heterocycles. The highest BCUT2D eigenvalue weighted by molar-refractivity contribution is 5.80. The van der Waals surface area contributed by atoms with Crippen molar-refractivity contribution < 1.29 is 4.79 Å². The summed E-state index contributed by atoms with van der Waals surface area (Å²) in [6, 6.07) is 5.80. The number of hydrogen-bond donors (Lipinski definition) is 0. The van der Waals surface area contributed by atoms with Crippen molar-refractivity contribution in [2.45, 2.75) is 45.6 Å². The molecule has 1 unspecified atom stereocenters. The van der Waals surface area contributed by atoms with Crippen molar-refractivity contribution in [3.05, 3.63) is 42.1 Å². The predicted octanol–water partition coefficient (Wildman–Crippen LogP) is 3.32. The number of hydrogen-bond acceptors (Lipinski definition) is 6. The molecule has 4 aromatic rings. The van der Waals surface area contributed by atoms with E-state index in [1.165, 1.54) is 0 Å². The smallest absolute Gasteiger partial charge is 0.219 e.